The van der Waals surface area contributed by atoms with Gasteiger partial charge in [0.1, 0.15) is 11.6 Å². The van der Waals surface area contributed by atoms with Crippen LogP contribution in [-0.4, -0.2) is 28.0 Å². The Morgan fingerprint density at radius 3 is 2.53 bits per heavy atom. The summed E-state index contributed by atoms with van der Waals surface area (Å²) < 4.78 is 0. The molecule has 4 nitrogen and oxygen atoms in total. The highest BCUT2D eigenvalue weighted by Crippen LogP contribution is 2.36. The largest absolute Gasteiger partial charge is 0.384 e. The minimum absolute atomic E-state index is 0.515. The zero-order valence-corrected chi connectivity index (χ0v) is 12.6. The van der Waals surface area contributed by atoms with Gasteiger partial charge in [-0.15, -0.1) is 0 Å². The molecule has 1 aromatic heterocycles. The third-order valence-corrected chi connectivity index (χ3v) is 4.24. The highest BCUT2D eigenvalue weighted by molar-refractivity contribution is 5.29. The number of nitrogens with two attached hydrogens (primary N) is 1. The molecule has 1 saturated carbocycles. The van der Waals surface area contributed by atoms with Gasteiger partial charge in [0, 0.05) is 17.8 Å². The minimum Gasteiger partial charge on any atom is -0.384 e. The lowest BCUT2D eigenvalue weighted by Crippen LogP contribution is -2.37. The van der Waals surface area contributed by atoms with Gasteiger partial charge in [0.15, 0.2) is 0 Å². The number of aryl methyl sites for hydroxylation is 1. The van der Waals surface area contributed by atoms with Crippen LogP contribution in [0, 0.1) is 12.3 Å². The van der Waals surface area contributed by atoms with Crippen LogP contribution in [0.15, 0.2) is 6.07 Å². The first-order chi connectivity index (χ1) is 8.85. The zero-order chi connectivity index (χ0) is 14.0. The lowest BCUT2D eigenvalue weighted by atomic mass is 9.75. The molecule has 1 aromatic rings. The number of nitrogen functional groups attached to an aromatic ring is 1. The number of anilines is 1. The molecule has 2 N–H and O–H groups in total. The molecule has 19 heavy (non-hydrogen) atoms. The summed E-state index contributed by atoms with van der Waals surface area (Å²) in [5, 5.41) is 0. The van der Waals surface area contributed by atoms with Gasteiger partial charge in [0.2, 0.25) is 0 Å². The van der Waals surface area contributed by atoms with Crippen LogP contribution in [0.1, 0.15) is 51.0 Å². The highest BCUT2D eigenvalue weighted by Gasteiger charge is 2.28. The third kappa shape index (κ3) is 3.90. The van der Waals surface area contributed by atoms with Gasteiger partial charge in [-0.25, -0.2) is 9.97 Å². The highest BCUT2D eigenvalue weighted by atomic mass is 15.2. The first kappa shape index (κ1) is 14.3. The summed E-state index contributed by atoms with van der Waals surface area (Å²) in [5.41, 5.74) is 7.24. The van der Waals surface area contributed by atoms with Crippen LogP contribution in [0.25, 0.3) is 0 Å². The second-order valence-electron chi connectivity index (χ2n) is 6.66. The van der Waals surface area contributed by atoms with Crippen molar-refractivity contribution in [1.29, 1.82) is 0 Å². The van der Waals surface area contributed by atoms with Gasteiger partial charge in [-0.1, -0.05) is 13.8 Å². The molecule has 0 radical (unpaired) electrons. The van der Waals surface area contributed by atoms with Crippen molar-refractivity contribution in [2.75, 3.05) is 12.8 Å². The Morgan fingerprint density at radius 1 is 1.32 bits per heavy atom. The lowest BCUT2D eigenvalue weighted by Gasteiger charge is -2.38. The zero-order valence-electron chi connectivity index (χ0n) is 12.6. The van der Waals surface area contributed by atoms with E-state index in [4.69, 9.17) is 5.73 Å². The van der Waals surface area contributed by atoms with Crippen LogP contribution in [0.2, 0.25) is 0 Å². The summed E-state index contributed by atoms with van der Waals surface area (Å²) in [5.74, 6) is 1.41. The molecule has 1 aliphatic rings. The Kier molecular flexibility index (Phi) is 4.09. The first-order valence-corrected chi connectivity index (χ1v) is 7.16. The fraction of sp³-hybridized carbons (Fsp3) is 0.733. The summed E-state index contributed by atoms with van der Waals surface area (Å²) in [7, 11) is 2.17. The smallest absolute Gasteiger partial charge is 0.144 e. The molecule has 0 bridgehead atoms. The fourth-order valence-electron chi connectivity index (χ4n) is 2.90. The summed E-state index contributed by atoms with van der Waals surface area (Å²) in [6.45, 7) is 7.49. The van der Waals surface area contributed by atoms with Crippen molar-refractivity contribution in [1.82, 2.24) is 14.9 Å². The van der Waals surface area contributed by atoms with E-state index in [2.05, 4.69) is 35.8 Å². The molecule has 0 aromatic carbocycles. The molecule has 1 heterocycles. The Balaban J connectivity index is 1.96. The molecule has 2 rings (SSSR count). The molecule has 0 saturated heterocycles. The molecule has 0 unspecified atom stereocenters. The Bertz CT molecular complexity index is 412. The van der Waals surface area contributed by atoms with Crippen LogP contribution in [0.4, 0.5) is 5.82 Å². The third-order valence-electron chi connectivity index (χ3n) is 4.24. The van der Waals surface area contributed by atoms with E-state index in [0.29, 0.717) is 17.3 Å². The van der Waals surface area contributed by atoms with Gasteiger partial charge in [-0.2, -0.15) is 0 Å². The number of rotatable bonds is 3. The number of hydrogen-bond acceptors (Lipinski definition) is 4. The molecule has 0 spiro atoms. The van der Waals surface area contributed by atoms with E-state index in [1.807, 2.05) is 13.0 Å². The molecule has 1 fully saturated rings. The SMILES string of the molecule is Cc1cc(N)nc(CN(C)C2CCC(C)(C)CC2)n1. The second-order valence-corrected chi connectivity index (χ2v) is 6.66. The van der Waals surface area contributed by atoms with Crippen LogP contribution >= 0.6 is 0 Å². The molecular weight excluding hydrogens is 236 g/mol. The van der Waals surface area contributed by atoms with E-state index in [1.165, 1.54) is 25.7 Å². The quantitative estimate of drug-likeness (QED) is 0.910. The summed E-state index contributed by atoms with van der Waals surface area (Å²) in [6, 6.07) is 2.46. The molecule has 106 valence electrons. The molecule has 4 heteroatoms. The number of nitrogens with zero attached hydrogens (tertiary/aromatic N) is 3. The van der Waals surface area contributed by atoms with Crippen molar-refractivity contribution in [2.24, 2.45) is 5.41 Å². The maximum absolute atomic E-state index is 5.78. The fourth-order valence-corrected chi connectivity index (χ4v) is 2.90. The maximum Gasteiger partial charge on any atom is 0.144 e. The van der Waals surface area contributed by atoms with E-state index < -0.39 is 0 Å². The van der Waals surface area contributed by atoms with Gasteiger partial charge in [0.25, 0.3) is 0 Å². The van der Waals surface area contributed by atoms with E-state index >= 15 is 0 Å². The monoisotopic (exact) mass is 262 g/mol. The van der Waals surface area contributed by atoms with Crippen molar-refractivity contribution >= 4 is 5.82 Å². The van der Waals surface area contributed by atoms with Gasteiger partial charge < -0.3 is 5.73 Å². The molecular formula is C15H26N4. The van der Waals surface area contributed by atoms with E-state index in [1.54, 1.807) is 0 Å². The van der Waals surface area contributed by atoms with E-state index in [0.717, 1.165) is 18.1 Å². The lowest BCUT2D eigenvalue weighted by molar-refractivity contribution is 0.121. The molecule has 0 amide bonds. The predicted molar refractivity (Wildman–Crippen MR) is 78.7 cm³/mol. The normalized spacial score (nSPS) is 19.8. The topological polar surface area (TPSA) is 55.0 Å². The minimum atomic E-state index is 0.515. The van der Waals surface area contributed by atoms with Crippen molar-refractivity contribution in [3.8, 4) is 0 Å². The summed E-state index contributed by atoms with van der Waals surface area (Å²) >= 11 is 0. The van der Waals surface area contributed by atoms with Gasteiger partial charge in [0.05, 0.1) is 6.54 Å². The summed E-state index contributed by atoms with van der Waals surface area (Å²) in [6.07, 6.45) is 5.15. The van der Waals surface area contributed by atoms with Gasteiger partial charge >= 0.3 is 0 Å². The van der Waals surface area contributed by atoms with Gasteiger partial charge in [-0.3, -0.25) is 4.90 Å². The average molecular weight is 262 g/mol. The Hall–Kier alpha value is -1.16. The second kappa shape index (κ2) is 5.45. The van der Waals surface area contributed by atoms with E-state index in [9.17, 15) is 0 Å². The van der Waals surface area contributed by atoms with Crippen molar-refractivity contribution < 1.29 is 0 Å². The van der Waals surface area contributed by atoms with Crippen LogP contribution in [-0.2, 0) is 6.54 Å². The van der Waals surface area contributed by atoms with Gasteiger partial charge in [-0.05, 0) is 45.1 Å². The molecule has 1 aliphatic carbocycles. The average Bonchev–Trinajstić information content (AvgIpc) is 2.26. The number of aromatic nitrogens is 2. The van der Waals surface area contributed by atoms with Crippen LogP contribution in [0.5, 0.6) is 0 Å². The Labute approximate surface area is 116 Å². The summed E-state index contributed by atoms with van der Waals surface area (Å²) in [4.78, 5) is 11.2. The van der Waals surface area contributed by atoms with E-state index in [-0.39, 0.29) is 0 Å². The standard InChI is InChI=1S/C15H26N4/c1-11-9-13(16)18-14(17-11)10-19(4)12-5-7-15(2,3)8-6-12/h9,12H,5-8,10H2,1-4H3,(H2,16,17,18). The van der Waals surface area contributed by atoms with Crippen molar-refractivity contribution in [3.63, 3.8) is 0 Å². The molecule has 0 aliphatic heterocycles. The maximum atomic E-state index is 5.78. The van der Waals surface area contributed by atoms with Crippen molar-refractivity contribution in [3.05, 3.63) is 17.6 Å². The van der Waals surface area contributed by atoms with Crippen LogP contribution < -0.4 is 5.73 Å². The van der Waals surface area contributed by atoms with Crippen LogP contribution in [0.3, 0.4) is 0 Å². The first-order valence-electron chi connectivity index (χ1n) is 7.16. The predicted octanol–water partition coefficient (Wildman–Crippen LogP) is 2.77. The van der Waals surface area contributed by atoms with Crippen molar-refractivity contribution in [2.45, 2.75) is 59.0 Å². The Morgan fingerprint density at radius 2 is 1.95 bits per heavy atom. The molecule has 0 atom stereocenters. The number of hydrogen-bond donors (Lipinski definition) is 1.